The number of amides is 1. The number of rotatable bonds is 5. The van der Waals surface area contributed by atoms with Crippen molar-refractivity contribution in [2.24, 2.45) is 12.0 Å². The van der Waals surface area contributed by atoms with Crippen LogP contribution in [0.5, 0.6) is 0 Å². The molecule has 4 aromatic rings. The molecule has 0 radical (unpaired) electrons. The molecule has 0 aliphatic heterocycles. The zero-order valence-electron chi connectivity index (χ0n) is 16.2. The molecule has 30 heavy (non-hydrogen) atoms. The fourth-order valence-corrected chi connectivity index (χ4v) is 5.91. The van der Waals surface area contributed by atoms with Gasteiger partial charge in [0, 0.05) is 23.9 Å². The third-order valence-electron chi connectivity index (χ3n) is 4.90. The summed E-state index contributed by atoms with van der Waals surface area (Å²) in [7, 11) is -1.57. The summed E-state index contributed by atoms with van der Waals surface area (Å²) >= 11 is 7.27. The molecule has 0 spiro atoms. The molecule has 0 bridgehead atoms. The first kappa shape index (κ1) is 20.8. The van der Waals surface area contributed by atoms with Crippen LogP contribution in [0.1, 0.15) is 12.8 Å². The van der Waals surface area contributed by atoms with E-state index < -0.39 is 9.84 Å². The zero-order valence-corrected chi connectivity index (χ0v) is 18.6. The van der Waals surface area contributed by atoms with Crippen molar-refractivity contribution in [3.63, 3.8) is 0 Å². The molecule has 154 valence electrons. The van der Waals surface area contributed by atoms with Gasteiger partial charge in [0.1, 0.15) is 0 Å². The van der Waals surface area contributed by atoms with E-state index in [4.69, 9.17) is 11.6 Å². The van der Waals surface area contributed by atoms with Crippen LogP contribution in [-0.2, 0) is 21.7 Å². The van der Waals surface area contributed by atoms with Gasteiger partial charge in [0.2, 0.25) is 5.91 Å². The monoisotopic (exact) mass is 458 g/mol. The van der Waals surface area contributed by atoms with Gasteiger partial charge in [-0.25, -0.2) is 8.42 Å². The van der Waals surface area contributed by atoms with Gasteiger partial charge in [-0.3, -0.25) is 4.79 Å². The average molecular weight is 459 g/mol. The van der Waals surface area contributed by atoms with E-state index in [1.807, 2.05) is 29.8 Å². The maximum absolute atomic E-state index is 12.4. The highest BCUT2D eigenvalue weighted by Crippen LogP contribution is 2.27. The number of thiazole rings is 1. The van der Waals surface area contributed by atoms with Gasteiger partial charge in [-0.1, -0.05) is 53.3 Å². The van der Waals surface area contributed by atoms with Crippen LogP contribution in [0.2, 0.25) is 5.02 Å². The number of benzene rings is 3. The largest absolute Gasteiger partial charge is 0.319 e. The summed E-state index contributed by atoms with van der Waals surface area (Å²) in [6, 6.07) is 18.2. The van der Waals surface area contributed by atoms with Crippen molar-refractivity contribution in [2.45, 2.75) is 17.7 Å². The van der Waals surface area contributed by atoms with Crippen LogP contribution < -0.4 is 4.80 Å². The summed E-state index contributed by atoms with van der Waals surface area (Å²) in [5.74, 6) is -0.438. The van der Waals surface area contributed by atoms with Crippen molar-refractivity contribution in [1.29, 1.82) is 0 Å². The van der Waals surface area contributed by atoms with Crippen molar-refractivity contribution >= 4 is 59.7 Å². The molecule has 0 atom stereocenters. The fraction of sp³-hybridized carbons (Fsp3) is 0.182. The number of aryl methyl sites for hydroxylation is 1. The van der Waals surface area contributed by atoms with Crippen LogP contribution in [0.25, 0.3) is 21.0 Å². The topological polar surface area (TPSA) is 68.5 Å². The van der Waals surface area contributed by atoms with Crippen LogP contribution in [0, 0.1) is 0 Å². The Kier molecular flexibility index (Phi) is 5.77. The van der Waals surface area contributed by atoms with Gasteiger partial charge in [-0.05, 0) is 42.1 Å². The van der Waals surface area contributed by atoms with Crippen molar-refractivity contribution < 1.29 is 13.2 Å². The first-order valence-electron chi connectivity index (χ1n) is 9.38. The Morgan fingerprint density at radius 2 is 1.80 bits per heavy atom. The summed E-state index contributed by atoms with van der Waals surface area (Å²) < 4.78 is 27.8. The first-order valence-corrected chi connectivity index (χ1v) is 12.2. The van der Waals surface area contributed by atoms with Crippen molar-refractivity contribution in [3.8, 4) is 0 Å². The highest BCUT2D eigenvalue weighted by molar-refractivity contribution is 7.91. The lowest BCUT2D eigenvalue weighted by molar-refractivity contribution is -0.118. The number of carbonyl (C=O) groups excluding carboxylic acids is 1. The van der Waals surface area contributed by atoms with E-state index in [1.54, 1.807) is 12.1 Å². The van der Waals surface area contributed by atoms with E-state index in [0.29, 0.717) is 9.82 Å². The number of aromatic nitrogens is 1. The summed E-state index contributed by atoms with van der Waals surface area (Å²) in [5.41, 5.74) is 1.01. The maximum Gasteiger partial charge on any atom is 0.248 e. The second-order valence-electron chi connectivity index (χ2n) is 6.96. The number of halogens is 1. The van der Waals surface area contributed by atoms with Gasteiger partial charge in [-0.2, -0.15) is 4.99 Å². The molecule has 0 saturated carbocycles. The minimum absolute atomic E-state index is 0.0712. The van der Waals surface area contributed by atoms with Crippen molar-refractivity contribution in [2.75, 3.05) is 5.75 Å². The molecule has 0 aliphatic rings. The van der Waals surface area contributed by atoms with E-state index in [-0.39, 0.29) is 29.4 Å². The number of hydrogen-bond donors (Lipinski definition) is 0. The average Bonchev–Trinajstić information content (AvgIpc) is 3.04. The van der Waals surface area contributed by atoms with Gasteiger partial charge in [0.25, 0.3) is 0 Å². The molecule has 1 heterocycles. The maximum atomic E-state index is 12.4. The summed E-state index contributed by atoms with van der Waals surface area (Å²) in [6.45, 7) is 0. The Labute approximate surface area is 183 Å². The molecule has 1 aromatic heterocycles. The zero-order chi connectivity index (χ0) is 21.3. The quantitative estimate of drug-likeness (QED) is 0.434. The molecule has 0 saturated heterocycles. The molecule has 0 aliphatic carbocycles. The fourth-order valence-electron chi connectivity index (χ4n) is 3.30. The van der Waals surface area contributed by atoms with Crippen LogP contribution in [0.3, 0.4) is 0 Å². The van der Waals surface area contributed by atoms with Crippen molar-refractivity contribution in [1.82, 2.24) is 4.57 Å². The number of carbonyl (C=O) groups is 1. The Hall–Kier alpha value is -2.48. The van der Waals surface area contributed by atoms with E-state index in [1.165, 1.54) is 23.5 Å². The first-order chi connectivity index (χ1) is 14.3. The van der Waals surface area contributed by atoms with Gasteiger partial charge < -0.3 is 4.57 Å². The molecular weight excluding hydrogens is 440 g/mol. The Balaban J connectivity index is 1.52. The molecule has 4 rings (SSSR count). The van der Waals surface area contributed by atoms with Crippen LogP contribution in [0.15, 0.2) is 70.6 Å². The molecule has 5 nitrogen and oxygen atoms in total. The molecule has 0 fully saturated rings. The molecule has 3 aromatic carbocycles. The lowest BCUT2D eigenvalue weighted by Gasteiger charge is -2.03. The van der Waals surface area contributed by atoms with Gasteiger partial charge in [0.15, 0.2) is 14.6 Å². The normalized spacial score (nSPS) is 12.7. The van der Waals surface area contributed by atoms with Gasteiger partial charge in [0.05, 0.1) is 20.9 Å². The van der Waals surface area contributed by atoms with E-state index >= 15 is 0 Å². The summed E-state index contributed by atoms with van der Waals surface area (Å²) in [6.07, 6.45) is 0.284. The SMILES string of the molecule is Cn1c(=NC(=O)CCCS(=O)(=O)c2ccc(Cl)cc2)sc2c3ccccc3ccc21. The standard InChI is InChI=1S/C22H19ClN2O3S2/c1-25-19-13-8-15-5-2-3-6-18(15)21(19)29-22(25)24-20(26)7-4-14-30(27,28)17-11-9-16(23)10-12-17/h2-3,5-6,8-13H,4,7,14H2,1H3. The van der Waals surface area contributed by atoms with E-state index in [0.717, 1.165) is 21.0 Å². The number of hydrogen-bond acceptors (Lipinski definition) is 4. The van der Waals surface area contributed by atoms with E-state index in [2.05, 4.69) is 23.2 Å². The third-order valence-corrected chi connectivity index (χ3v) is 8.15. The van der Waals surface area contributed by atoms with Crippen LogP contribution in [-0.4, -0.2) is 24.6 Å². The predicted molar refractivity (Wildman–Crippen MR) is 122 cm³/mol. The van der Waals surface area contributed by atoms with E-state index in [9.17, 15) is 13.2 Å². The molecule has 0 N–H and O–H groups in total. The van der Waals surface area contributed by atoms with Gasteiger partial charge in [-0.15, -0.1) is 0 Å². The minimum atomic E-state index is -3.45. The van der Waals surface area contributed by atoms with Crippen LogP contribution in [0.4, 0.5) is 0 Å². The number of sulfone groups is 1. The third kappa shape index (κ3) is 4.19. The number of fused-ring (bicyclic) bond motifs is 3. The molecule has 0 unspecified atom stereocenters. The Morgan fingerprint density at radius 3 is 2.57 bits per heavy atom. The highest BCUT2D eigenvalue weighted by Gasteiger charge is 2.15. The minimum Gasteiger partial charge on any atom is -0.319 e. The smallest absolute Gasteiger partial charge is 0.248 e. The molecule has 1 amide bonds. The lowest BCUT2D eigenvalue weighted by atomic mass is 10.1. The second kappa shape index (κ2) is 8.34. The second-order valence-corrected chi connectivity index (χ2v) is 10.5. The Morgan fingerprint density at radius 1 is 1.07 bits per heavy atom. The lowest BCUT2D eigenvalue weighted by Crippen LogP contribution is -2.14. The van der Waals surface area contributed by atoms with Crippen molar-refractivity contribution in [3.05, 3.63) is 70.5 Å². The van der Waals surface area contributed by atoms with Gasteiger partial charge >= 0.3 is 0 Å². The molecule has 8 heteroatoms. The predicted octanol–water partition coefficient (Wildman–Crippen LogP) is 4.73. The summed E-state index contributed by atoms with van der Waals surface area (Å²) in [5, 5.41) is 2.74. The Bertz CT molecular complexity index is 1420. The van der Waals surface area contributed by atoms with Crippen LogP contribution >= 0.6 is 22.9 Å². The molecular formula is C22H19ClN2O3S2. The number of nitrogens with zero attached hydrogens (tertiary/aromatic N) is 2. The highest BCUT2D eigenvalue weighted by atomic mass is 35.5. The summed E-state index contributed by atoms with van der Waals surface area (Å²) in [4.78, 5) is 17.4.